The summed E-state index contributed by atoms with van der Waals surface area (Å²) in [4.78, 5) is 27.7. The van der Waals surface area contributed by atoms with Crippen molar-refractivity contribution < 1.29 is 28.9 Å². The summed E-state index contributed by atoms with van der Waals surface area (Å²) < 4.78 is 16.5. The molecule has 0 aliphatic carbocycles. The van der Waals surface area contributed by atoms with Crippen molar-refractivity contribution in [3.05, 3.63) is 64.7 Å². The number of rotatable bonds is 8. The number of hydrogen-bond acceptors (Lipinski definition) is 6. The quantitative estimate of drug-likeness (QED) is 0.284. The van der Waals surface area contributed by atoms with E-state index in [1.807, 2.05) is 44.2 Å². The monoisotopic (exact) mass is 451 g/mol. The number of benzene rings is 2. The molecule has 2 aliphatic heterocycles. The molecule has 0 spiro atoms. The molecule has 0 bridgehead atoms. The highest BCUT2D eigenvalue weighted by molar-refractivity contribution is 6.46. The summed E-state index contributed by atoms with van der Waals surface area (Å²) in [6.07, 6.45) is 1.35. The van der Waals surface area contributed by atoms with Crippen LogP contribution in [-0.2, 0) is 20.7 Å². The number of ketones is 1. The van der Waals surface area contributed by atoms with Crippen LogP contribution in [0.15, 0.2) is 48.0 Å². The van der Waals surface area contributed by atoms with Gasteiger partial charge in [-0.1, -0.05) is 12.1 Å². The first kappa shape index (κ1) is 22.9. The van der Waals surface area contributed by atoms with Gasteiger partial charge in [0.05, 0.1) is 18.2 Å². The maximum absolute atomic E-state index is 13.1. The zero-order chi connectivity index (χ0) is 23.5. The Morgan fingerprint density at radius 3 is 2.79 bits per heavy atom. The van der Waals surface area contributed by atoms with Gasteiger partial charge in [-0.25, -0.2) is 0 Å². The van der Waals surface area contributed by atoms with Crippen molar-refractivity contribution in [1.82, 2.24) is 4.90 Å². The highest BCUT2D eigenvalue weighted by Gasteiger charge is 2.46. The molecule has 1 fully saturated rings. The number of likely N-dealkylation sites (tertiary alicyclic amines) is 1. The Kier molecular flexibility index (Phi) is 6.70. The molecule has 7 heteroatoms. The van der Waals surface area contributed by atoms with Crippen LogP contribution in [0.4, 0.5) is 0 Å². The fourth-order valence-electron chi connectivity index (χ4n) is 4.50. The topological polar surface area (TPSA) is 85.3 Å². The third-order valence-electron chi connectivity index (χ3n) is 5.94. The minimum atomic E-state index is -0.717. The van der Waals surface area contributed by atoms with Gasteiger partial charge in [-0.2, -0.15) is 0 Å². The van der Waals surface area contributed by atoms with Gasteiger partial charge in [-0.15, -0.1) is 0 Å². The number of fused-ring (bicyclic) bond motifs is 1. The van der Waals surface area contributed by atoms with Gasteiger partial charge in [0.1, 0.15) is 23.4 Å². The Morgan fingerprint density at radius 2 is 2.03 bits per heavy atom. The van der Waals surface area contributed by atoms with Gasteiger partial charge < -0.3 is 24.2 Å². The molecular weight excluding hydrogens is 422 g/mol. The molecule has 2 aromatic rings. The second-order valence-electron chi connectivity index (χ2n) is 8.30. The van der Waals surface area contributed by atoms with Crippen LogP contribution in [0.1, 0.15) is 43.0 Å². The molecule has 2 atom stereocenters. The Bertz CT molecular complexity index is 1090. The molecule has 0 saturated carbocycles. The van der Waals surface area contributed by atoms with Crippen molar-refractivity contribution in [1.29, 1.82) is 0 Å². The molecule has 0 aromatic heterocycles. The van der Waals surface area contributed by atoms with Crippen molar-refractivity contribution in [2.75, 3.05) is 26.9 Å². The average molecular weight is 452 g/mol. The first-order valence-corrected chi connectivity index (χ1v) is 11.2. The highest BCUT2D eigenvalue weighted by atomic mass is 16.5. The lowest BCUT2D eigenvalue weighted by Gasteiger charge is -2.25. The summed E-state index contributed by atoms with van der Waals surface area (Å²) in [5.41, 5.74) is 2.25. The molecule has 33 heavy (non-hydrogen) atoms. The molecule has 2 unspecified atom stereocenters. The van der Waals surface area contributed by atoms with E-state index in [0.717, 1.165) is 17.7 Å². The molecule has 2 aliphatic rings. The van der Waals surface area contributed by atoms with E-state index >= 15 is 0 Å². The number of carbonyl (C=O) groups is 2. The number of methoxy groups -OCH3 is 1. The minimum Gasteiger partial charge on any atom is -0.507 e. The van der Waals surface area contributed by atoms with Crippen LogP contribution in [0.2, 0.25) is 0 Å². The van der Waals surface area contributed by atoms with E-state index in [2.05, 4.69) is 0 Å². The molecule has 1 amide bonds. The number of aliphatic hydroxyl groups excluding tert-OH is 1. The molecule has 7 nitrogen and oxygen atoms in total. The van der Waals surface area contributed by atoms with E-state index in [1.54, 1.807) is 19.2 Å². The highest BCUT2D eigenvalue weighted by Crippen LogP contribution is 2.41. The first-order chi connectivity index (χ1) is 15.9. The maximum atomic E-state index is 13.1. The lowest BCUT2D eigenvalue weighted by Crippen LogP contribution is -2.31. The smallest absolute Gasteiger partial charge is 0.295 e. The Labute approximate surface area is 193 Å². The summed E-state index contributed by atoms with van der Waals surface area (Å²) in [6, 6.07) is 11.9. The third-order valence-corrected chi connectivity index (χ3v) is 5.94. The molecule has 0 radical (unpaired) electrons. The lowest BCUT2D eigenvalue weighted by molar-refractivity contribution is -0.140. The largest absolute Gasteiger partial charge is 0.507 e. The van der Waals surface area contributed by atoms with Gasteiger partial charge in [0.25, 0.3) is 11.7 Å². The summed E-state index contributed by atoms with van der Waals surface area (Å²) in [6.45, 7) is 5.15. The van der Waals surface area contributed by atoms with Gasteiger partial charge in [0, 0.05) is 32.2 Å². The van der Waals surface area contributed by atoms with E-state index in [1.165, 1.54) is 4.90 Å². The van der Waals surface area contributed by atoms with Crippen LogP contribution in [0.3, 0.4) is 0 Å². The first-order valence-electron chi connectivity index (χ1n) is 11.2. The van der Waals surface area contributed by atoms with Crippen molar-refractivity contribution in [3.63, 3.8) is 0 Å². The lowest BCUT2D eigenvalue weighted by atomic mass is 9.94. The van der Waals surface area contributed by atoms with Crippen LogP contribution in [0.25, 0.3) is 5.76 Å². The molecule has 174 valence electrons. The van der Waals surface area contributed by atoms with Crippen LogP contribution < -0.4 is 9.47 Å². The van der Waals surface area contributed by atoms with Gasteiger partial charge in [0.2, 0.25) is 0 Å². The molecule has 1 N–H and O–H groups in total. The fraction of sp³-hybridized carbons (Fsp3) is 0.385. The molecular formula is C26H29NO6. The summed E-state index contributed by atoms with van der Waals surface area (Å²) >= 11 is 0. The molecule has 2 heterocycles. The number of aliphatic hydroxyl groups is 1. The summed E-state index contributed by atoms with van der Waals surface area (Å²) in [7, 11) is 1.59. The minimum absolute atomic E-state index is 0.0602. The van der Waals surface area contributed by atoms with Crippen molar-refractivity contribution in [2.24, 2.45) is 0 Å². The van der Waals surface area contributed by atoms with Gasteiger partial charge in [-0.05, 0) is 61.7 Å². The van der Waals surface area contributed by atoms with Crippen LogP contribution in [0.5, 0.6) is 11.5 Å². The summed E-state index contributed by atoms with van der Waals surface area (Å²) in [5, 5.41) is 11.3. The zero-order valence-electron chi connectivity index (χ0n) is 19.2. The number of carbonyl (C=O) groups excluding carboxylic acids is 2. The number of Topliss-reactive ketones (excluding diaryl/α,β-unsaturated/α-hetero) is 1. The van der Waals surface area contributed by atoms with Gasteiger partial charge >= 0.3 is 0 Å². The van der Waals surface area contributed by atoms with E-state index in [-0.39, 0.29) is 17.4 Å². The Morgan fingerprint density at radius 1 is 1.21 bits per heavy atom. The molecule has 1 saturated heterocycles. The Hall–Kier alpha value is -3.32. The van der Waals surface area contributed by atoms with Gasteiger partial charge in [-0.3, -0.25) is 9.59 Å². The second kappa shape index (κ2) is 9.67. The van der Waals surface area contributed by atoms with Crippen molar-refractivity contribution >= 4 is 17.4 Å². The maximum Gasteiger partial charge on any atom is 0.295 e. The Balaban J connectivity index is 1.80. The number of nitrogens with zero attached hydrogens (tertiary/aromatic N) is 1. The predicted octanol–water partition coefficient (Wildman–Crippen LogP) is 3.87. The van der Waals surface area contributed by atoms with Crippen molar-refractivity contribution in [3.8, 4) is 11.5 Å². The van der Waals surface area contributed by atoms with Crippen molar-refractivity contribution in [2.45, 2.75) is 38.8 Å². The molecule has 4 rings (SSSR count). The normalized spacial score (nSPS) is 21.2. The standard InChI is InChI=1S/C26H29NO6/c1-4-32-20-8-5-7-17(15-20)23-22(25(29)26(30)27(23)11-6-12-31-3)24(28)18-9-10-21-19(14-18)13-16(2)33-21/h5,7-10,14-16,23,28H,4,6,11-13H2,1-3H3/b24-22-. The van der Waals surface area contributed by atoms with Crippen LogP contribution in [-0.4, -0.2) is 54.7 Å². The average Bonchev–Trinajstić information content (AvgIpc) is 3.30. The summed E-state index contributed by atoms with van der Waals surface area (Å²) in [5.74, 6) is -0.0858. The third kappa shape index (κ3) is 4.46. The fourth-order valence-corrected chi connectivity index (χ4v) is 4.50. The van der Waals surface area contributed by atoms with Crippen LogP contribution in [0, 0.1) is 0 Å². The van der Waals surface area contributed by atoms with Crippen LogP contribution >= 0.6 is 0 Å². The number of hydrogen-bond donors (Lipinski definition) is 1. The second-order valence-corrected chi connectivity index (χ2v) is 8.30. The van der Waals surface area contributed by atoms with Gasteiger partial charge in [0.15, 0.2) is 0 Å². The predicted molar refractivity (Wildman–Crippen MR) is 123 cm³/mol. The van der Waals surface area contributed by atoms with E-state index in [9.17, 15) is 14.7 Å². The SMILES string of the molecule is CCOc1cccc(C2/C(=C(/O)c3ccc4c(c3)CC(C)O4)C(=O)C(=O)N2CCCOC)c1. The number of amides is 1. The van der Waals surface area contributed by atoms with E-state index in [0.29, 0.717) is 43.1 Å². The van der Waals surface area contributed by atoms with E-state index in [4.69, 9.17) is 14.2 Å². The number of ether oxygens (including phenoxy) is 3. The van der Waals surface area contributed by atoms with E-state index < -0.39 is 17.7 Å². The molecule has 2 aromatic carbocycles. The zero-order valence-corrected chi connectivity index (χ0v) is 19.2.